The van der Waals surface area contributed by atoms with Gasteiger partial charge >= 0.3 is 0 Å². The van der Waals surface area contributed by atoms with E-state index >= 15 is 0 Å². The molecule has 1 atom stereocenters. The monoisotopic (exact) mass is 229 g/mol. The summed E-state index contributed by atoms with van der Waals surface area (Å²) < 4.78 is 0. The lowest BCUT2D eigenvalue weighted by Crippen LogP contribution is -2.47. The van der Waals surface area contributed by atoms with Crippen LogP contribution in [0.2, 0.25) is 0 Å². The Morgan fingerprint density at radius 1 is 1.56 bits per heavy atom. The first kappa shape index (κ1) is 14.7. The van der Waals surface area contributed by atoms with Gasteiger partial charge in [0.25, 0.3) is 0 Å². The highest BCUT2D eigenvalue weighted by molar-refractivity contribution is 6.06. The Morgan fingerprint density at radius 2 is 2.12 bits per heavy atom. The fourth-order valence-electron chi connectivity index (χ4n) is 1.24. The first-order chi connectivity index (χ1) is 7.38. The summed E-state index contributed by atoms with van der Waals surface area (Å²) in [4.78, 5) is 11.9. The van der Waals surface area contributed by atoms with Crippen molar-refractivity contribution in [1.29, 1.82) is 0 Å². The van der Waals surface area contributed by atoms with Gasteiger partial charge in [-0.15, -0.1) is 0 Å². The molecule has 16 heavy (non-hydrogen) atoms. The number of amidine groups is 1. The molecule has 0 saturated heterocycles. The smallest absolute Gasteiger partial charge is 0.233 e. The van der Waals surface area contributed by atoms with Crippen LogP contribution in [-0.4, -0.2) is 23.5 Å². The average Bonchev–Trinajstić information content (AvgIpc) is 2.26. The quantitative estimate of drug-likeness (QED) is 0.278. The van der Waals surface area contributed by atoms with Gasteiger partial charge in [-0.3, -0.25) is 4.79 Å². The summed E-state index contributed by atoms with van der Waals surface area (Å²) in [6.45, 7) is 8.31. The number of oxime groups is 1. The van der Waals surface area contributed by atoms with Crippen LogP contribution < -0.4 is 11.1 Å². The van der Waals surface area contributed by atoms with Crippen LogP contribution in [-0.2, 0) is 4.79 Å². The average molecular weight is 229 g/mol. The number of nitrogens with two attached hydrogens (primary N) is 1. The highest BCUT2D eigenvalue weighted by atomic mass is 16.4. The highest BCUT2D eigenvalue weighted by Gasteiger charge is 2.35. The third-order valence-electron chi connectivity index (χ3n) is 2.89. The maximum Gasteiger partial charge on any atom is 0.233 e. The number of carbonyl (C=O) groups excluding carboxylic acids is 1. The molecule has 0 aliphatic heterocycles. The predicted octanol–water partition coefficient (Wildman–Crippen LogP) is 1.31. The molecule has 0 aliphatic carbocycles. The zero-order chi connectivity index (χ0) is 12.8. The Balaban J connectivity index is 4.43. The molecule has 0 heterocycles. The lowest BCUT2D eigenvalue weighted by atomic mass is 9.85. The van der Waals surface area contributed by atoms with Crippen molar-refractivity contribution in [3.05, 3.63) is 0 Å². The van der Waals surface area contributed by atoms with Crippen LogP contribution in [0.25, 0.3) is 0 Å². The molecule has 0 bridgehead atoms. The second kappa shape index (κ2) is 6.35. The Morgan fingerprint density at radius 3 is 2.50 bits per heavy atom. The summed E-state index contributed by atoms with van der Waals surface area (Å²) in [6.07, 6.45) is 1.41. The number of rotatable bonds is 6. The van der Waals surface area contributed by atoms with Gasteiger partial charge in [-0.1, -0.05) is 25.9 Å². The van der Waals surface area contributed by atoms with Crippen molar-refractivity contribution < 1.29 is 10.0 Å². The molecular weight excluding hydrogens is 206 g/mol. The van der Waals surface area contributed by atoms with E-state index in [1.54, 1.807) is 6.92 Å². The SMILES string of the molecule is CCC(C)(C(=O)NCCC(C)C)C(N)=NO. The van der Waals surface area contributed by atoms with Crippen molar-refractivity contribution in [3.8, 4) is 0 Å². The third-order valence-corrected chi connectivity index (χ3v) is 2.89. The molecule has 5 heteroatoms. The van der Waals surface area contributed by atoms with Crippen molar-refractivity contribution in [2.24, 2.45) is 22.2 Å². The molecule has 0 rings (SSSR count). The number of carbonyl (C=O) groups is 1. The van der Waals surface area contributed by atoms with E-state index in [4.69, 9.17) is 10.9 Å². The summed E-state index contributed by atoms with van der Waals surface area (Å²) in [6, 6.07) is 0. The van der Waals surface area contributed by atoms with Crippen LogP contribution >= 0.6 is 0 Å². The minimum Gasteiger partial charge on any atom is -0.409 e. The first-order valence-corrected chi connectivity index (χ1v) is 5.64. The van der Waals surface area contributed by atoms with E-state index < -0.39 is 5.41 Å². The maximum absolute atomic E-state index is 11.9. The van der Waals surface area contributed by atoms with E-state index in [9.17, 15) is 4.79 Å². The van der Waals surface area contributed by atoms with Crippen LogP contribution in [0.1, 0.15) is 40.5 Å². The van der Waals surface area contributed by atoms with Gasteiger partial charge in [0.15, 0.2) is 5.84 Å². The van der Waals surface area contributed by atoms with Gasteiger partial charge in [0.05, 0.1) is 0 Å². The molecular formula is C11H23N3O2. The minimum atomic E-state index is -0.925. The fraction of sp³-hybridized carbons (Fsp3) is 0.818. The summed E-state index contributed by atoms with van der Waals surface area (Å²) in [7, 11) is 0. The Hall–Kier alpha value is -1.26. The van der Waals surface area contributed by atoms with Gasteiger partial charge < -0.3 is 16.3 Å². The summed E-state index contributed by atoms with van der Waals surface area (Å²) in [5, 5.41) is 14.4. The van der Waals surface area contributed by atoms with Crippen molar-refractivity contribution in [3.63, 3.8) is 0 Å². The van der Waals surface area contributed by atoms with E-state index in [1.165, 1.54) is 0 Å². The van der Waals surface area contributed by atoms with Crippen molar-refractivity contribution >= 4 is 11.7 Å². The first-order valence-electron chi connectivity index (χ1n) is 5.64. The van der Waals surface area contributed by atoms with E-state index in [2.05, 4.69) is 24.3 Å². The summed E-state index contributed by atoms with van der Waals surface area (Å²) in [5.74, 6) is 0.306. The molecule has 0 fully saturated rings. The largest absolute Gasteiger partial charge is 0.409 e. The summed E-state index contributed by atoms with van der Waals surface area (Å²) in [5.41, 5.74) is 4.61. The molecule has 0 radical (unpaired) electrons. The number of nitrogens with one attached hydrogen (secondary N) is 1. The van der Waals surface area contributed by atoms with E-state index in [0.29, 0.717) is 18.9 Å². The van der Waals surface area contributed by atoms with Crippen LogP contribution in [0, 0.1) is 11.3 Å². The number of nitrogens with zero attached hydrogens (tertiary/aromatic N) is 1. The zero-order valence-electron chi connectivity index (χ0n) is 10.6. The van der Waals surface area contributed by atoms with Crippen molar-refractivity contribution in [2.75, 3.05) is 6.54 Å². The Labute approximate surface area is 97.1 Å². The number of hydrogen-bond acceptors (Lipinski definition) is 3. The molecule has 94 valence electrons. The highest BCUT2D eigenvalue weighted by Crippen LogP contribution is 2.21. The third kappa shape index (κ3) is 3.72. The Bertz CT molecular complexity index is 264. The minimum absolute atomic E-state index is 0.0444. The molecule has 1 unspecified atom stereocenters. The zero-order valence-corrected chi connectivity index (χ0v) is 10.6. The number of hydrogen-bond donors (Lipinski definition) is 3. The molecule has 0 spiro atoms. The lowest BCUT2D eigenvalue weighted by molar-refractivity contribution is -0.127. The van der Waals surface area contributed by atoms with Gasteiger partial charge in [0.2, 0.25) is 5.91 Å². The molecule has 0 saturated carbocycles. The fourth-order valence-corrected chi connectivity index (χ4v) is 1.24. The molecule has 5 nitrogen and oxygen atoms in total. The Kier molecular flexibility index (Phi) is 5.85. The molecule has 4 N–H and O–H groups in total. The molecule has 0 aromatic rings. The molecule has 1 amide bonds. The van der Waals surface area contributed by atoms with E-state index in [1.807, 2.05) is 6.92 Å². The van der Waals surface area contributed by atoms with Gasteiger partial charge in [0, 0.05) is 6.54 Å². The second-order valence-electron chi connectivity index (χ2n) is 4.61. The lowest BCUT2D eigenvalue weighted by Gasteiger charge is -2.25. The van der Waals surface area contributed by atoms with Gasteiger partial charge in [-0.25, -0.2) is 0 Å². The standard InChI is InChI=1S/C11H23N3O2/c1-5-11(4,9(12)14-16)10(15)13-7-6-8(2)3/h8,16H,5-7H2,1-4H3,(H2,12,14)(H,13,15). The van der Waals surface area contributed by atoms with Crippen LogP contribution in [0.4, 0.5) is 0 Å². The van der Waals surface area contributed by atoms with Crippen LogP contribution in [0.15, 0.2) is 5.16 Å². The van der Waals surface area contributed by atoms with E-state index in [-0.39, 0.29) is 11.7 Å². The molecule has 0 aliphatic rings. The summed E-state index contributed by atoms with van der Waals surface area (Å²) >= 11 is 0. The normalized spacial score (nSPS) is 15.9. The number of amides is 1. The maximum atomic E-state index is 11.9. The van der Waals surface area contributed by atoms with Gasteiger partial charge in [-0.2, -0.15) is 0 Å². The molecule has 0 aromatic carbocycles. The predicted molar refractivity (Wildman–Crippen MR) is 64.3 cm³/mol. The molecule has 0 aromatic heterocycles. The topological polar surface area (TPSA) is 87.7 Å². The van der Waals surface area contributed by atoms with Crippen LogP contribution in [0.5, 0.6) is 0 Å². The van der Waals surface area contributed by atoms with Gasteiger partial charge in [-0.05, 0) is 25.7 Å². The van der Waals surface area contributed by atoms with Crippen molar-refractivity contribution in [2.45, 2.75) is 40.5 Å². The van der Waals surface area contributed by atoms with Crippen molar-refractivity contribution in [1.82, 2.24) is 5.32 Å². The second-order valence-corrected chi connectivity index (χ2v) is 4.61. The van der Waals surface area contributed by atoms with Crippen LogP contribution in [0.3, 0.4) is 0 Å². The van der Waals surface area contributed by atoms with E-state index in [0.717, 1.165) is 6.42 Å². The van der Waals surface area contributed by atoms with Gasteiger partial charge in [0.1, 0.15) is 5.41 Å².